The van der Waals surface area contributed by atoms with Crippen molar-refractivity contribution in [1.82, 2.24) is 0 Å². The predicted octanol–water partition coefficient (Wildman–Crippen LogP) is 4.27. The third-order valence-electron chi connectivity index (χ3n) is 5.93. The largest absolute Gasteiger partial charge is 0.381 e. The van der Waals surface area contributed by atoms with Crippen molar-refractivity contribution in [2.24, 2.45) is 22.7 Å². The number of hydrogen-bond acceptors (Lipinski definition) is 1. The van der Waals surface area contributed by atoms with E-state index in [1.807, 2.05) is 0 Å². The van der Waals surface area contributed by atoms with Gasteiger partial charge in [-0.15, -0.1) is 0 Å². The minimum Gasteiger partial charge on any atom is -0.381 e. The van der Waals surface area contributed by atoms with Gasteiger partial charge in [0.05, 0.1) is 0 Å². The van der Waals surface area contributed by atoms with E-state index in [4.69, 9.17) is 4.74 Å². The number of rotatable bonds is 5. The van der Waals surface area contributed by atoms with E-state index >= 15 is 0 Å². The van der Waals surface area contributed by atoms with Crippen molar-refractivity contribution in [3.05, 3.63) is 0 Å². The van der Waals surface area contributed by atoms with E-state index in [-0.39, 0.29) is 0 Å². The lowest BCUT2D eigenvalue weighted by molar-refractivity contribution is 0.0619. The van der Waals surface area contributed by atoms with Crippen LogP contribution in [0, 0.1) is 22.7 Å². The SMILES string of the molecule is CCCOCCC1CC2CCC1(C)C2(C)C. The Morgan fingerprint density at radius 3 is 2.44 bits per heavy atom. The topological polar surface area (TPSA) is 9.23 Å². The first-order chi connectivity index (χ1) is 7.52. The lowest BCUT2D eigenvalue weighted by atomic mass is 9.66. The van der Waals surface area contributed by atoms with Crippen LogP contribution in [-0.2, 0) is 4.74 Å². The van der Waals surface area contributed by atoms with Crippen molar-refractivity contribution in [2.45, 2.75) is 59.8 Å². The fourth-order valence-corrected chi connectivity index (χ4v) is 4.28. The fourth-order valence-electron chi connectivity index (χ4n) is 4.28. The first-order valence-electron chi connectivity index (χ1n) is 7.10. The molecular weight excluding hydrogens is 196 g/mol. The Bertz CT molecular complexity index is 246. The van der Waals surface area contributed by atoms with Gasteiger partial charge < -0.3 is 4.74 Å². The van der Waals surface area contributed by atoms with E-state index < -0.39 is 0 Å². The Morgan fingerprint density at radius 1 is 1.19 bits per heavy atom. The second-order valence-corrected chi connectivity index (χ2v) is 6.71. The molecule has 0 aromatic rings. The first kappa shape index (κ1) is 12.4. The van der Waals surface area contributed by atoms with Crippen molar-refractivity contribution in [2.75, 3.05) is 13.2 Å². The molecule has 0 aromatic carbocycles. The smallest absolute Gasteiger partial charge is 0.0468 e. The maximum Gasteiger partial charge on any atom is 0.0468 e. The van der Waals surface area contributed by atoms with E-state index in [1.165, 1.54) is 25.7 Å². The molecule has 2 aliphatic rings. The Labute approximate surface area is 101 Å². The highest BCUT2D eigenvalue weighted by atomic mass is 16.5. The summed E-state index contributed by atoms with van der Waals surface area (Å²) in [6, 6.07) is 0. The fraction of sp³-hybridized carbons (Fsp3) is 1.00. The molecule has 2 aliphatic carbocycles. The van der Waals surface area contributed by atoms with E-state index in [0.717, 1.165) is 31.5 Å². The zero-order valence-electron chi connectivity index (χ0n) is 11.5. The third kappa shape index (κ3) is 1.72. The van der Waals surface area contributed by atoms with Crippen LogP contribution in [-0.4, -0.2) is 13.2 Å². The Morgan fingerprint density at radius 2 is 1.94 bits per heavy atom. The molecule has 0 aromatic heterocycles. The monoisotopic (exact) mass is 224 g/mol. The molecule has 3 atom stereocenters. The minimum absolute atomic E-state index is 0.572. The second kappa shape index (κ2) is 4.33. The van der Waals surface area contributed by atoms with Crippen LogP contribution in [0.25, 0.3) is 0 Å². The summed E-state index contributed by atoms with van der Waals surface area (Å²) in [7, 11) is 0. The van der Waals surface area contributed by atoms with Crippen LogP contribution in [0.3, 0.4) is 0 Å². The number of fused-ring (bicyclic) bond motifs is 2. The Hall–Kier alpha value is -0.0400. The third-order valence-corrected chi connectivity index (χ3v) is 5.93. The van der Waals surface area contributed by atoms with Gasteiger partial charge >= 0.3 is 0 Å². The molecule has 2 rings (SSSR count). The van der Waals surface area contributed by atoms with Gasteiger partial charge in [0.25, 0.3) is 0 Å². The second-order valence-electron chi connectivity index (χ2n) is 6.71. The summed E-state index contributed by atoms with van der Waals surface area (Å²) in [5, 5.41) is 0. The molecule has 0 heterocycles. The molecule has 2 bridgehead atoms. The molecule has 1 nitrogen and oxygen atoms in total. The maximum atomic E-state index is 5.67. The van der Waals surface area contributed by atoms with Gasteiger partial charge in [-0.25, -0.2) is 0 Å². The molecule has 94 valence electrons. The van der Waals surface area contributed by atoms with Gasteiger partial charge in [-0.2, -0.15) is 0 Å². The van der Waals surface area contributed by atoms with Gasteiger partial charge in [-0.3, -0.25) is 0 Å². The van der Waals surface area contributed by atoms with Crippen molar-refractivity contribution in [1.29, 1.82) is 0 Å². The number of ether oxygens (including phenoxy) is 1. The summed E-state index contributed by atoms with van der Waals surface area (Å²) in [6.07, 6.45) is 6.81. The van der Waals surface area contributed by atoms with Crippen molar-refractivity contribution in [3.8, 4) is 0 Å². The van der Waals surface area contributed by atoms with Crippen LogP contribution in [0.2, 0.25) is 0 Å². The van der Waals surface area contributed by atoms with Gasteiger partial charge in [0.2, 0.25) is 0 Å². The summed E-state index contributed by atoms with van der Waals surface area (Å²) >= 11 is 0. The van der Waals surface area contributed by atoms with Crippen molar-refractivity contribution < 1.29 is 4.74 Å². The molecule has 1 heteroatoms. The zero-order chi connectivity index (χ0) is 11.8. The van der Waals surface area contributed by atoms with Crippen LogP contribution in [0.1, 0.15) is 59.8 Å². The standard InChI is InChI=1S/C15H28O/c1-5-9-16-10-7-13-11-12-6-8-15(13,4)14(12,2)3/h12-13H,5-11H2,1-4H3. The molecule has 0 saturated heterocycles. The summed E-state index contributed by atoms with van der Waals surface area (Å²) in [6.45, 7) is 11.6. The minimum atomic E-state index is 0.572. The highest BCUT2D eigenvalue weighted by Crippen LogP contribution is 2.68. The summed E-state index contributed by atoms with van der Waals surface area (Å²) in [5.74, 6) is 1.90. The molecular formula is C15H28O. The molecule has 3 unspecified atom stereocenters. The van der Waals surface area contributed by atoms with Gasteiger partial charge in [0, 0.05) is 13.2 Å². The van der Waals surface area contributed by atoms with E-state index in [1.54, 1.807) is 0 Å². The van der Waals surface area contributed by atoms with Crippen LogP contribution in [0.5, 0.6) is 0 Å². The van der Waals surface area contributed by atoms with Gasteiger partial charge in [0.1, 0.15) is 0 Å². The normalized spacial score (nSPS) is 40.5. The Kier molecular flexibility index (Phi) is 3.36. The van der Waals surface area contributed by atoms with Crippen molar-refractivity contribution in [3.63, 3.8) is 0 Å². The lowest BCUT2D eigenvalue weighted by Crippen LogP contribution is -2.32. The summed E-state index contributed by atoms with van der Waals surface area (Å²) in [4.78, 5) is 0. The van der Waals surface area contributed by atoms with Gasteiger partial charge in [-0.1, -0.05) is 27.7 Å². The quantitative estimate of drug-likeness (QED) is 0.634. The summed E-state index contributed by atoms with van der Waals surface area (Å²) in [5.41, 5.74) is 1.16. The molecule has 0 aliphatic heterocycles. The van der Waals surface area contributed by atoms with Crippen LogP contribution < -0.4 is 0 Å². The zero-order valence-corrected chi connectivity index (χ0v) is 11.5. The molecule has 16 heavy (non-hydrogen) atoms. The van der Waals surface area contributed by atoms with E-state index in [2.05, 4.69) is 27.7 Å². The first-order valence-corrected chi connectivity index (χ1v) is 7.10. The average molecular weight is 224 g/mol. The van der Waals surface area contributed by atoms with Crippen LogP contribution >= 0.6 is 0 Å². The molecule has 2 saturated carbocycles. The molecule has 0 amide bonds. The predicted molar refractivity (Wildman–Crippen MR) is 68.4 cm³/mol. The van der Waals surface area contributed by atoms with Gasteiger partial charge in [-0.05, 0) is 54.8 Å². The molecule has 0 radical (unpaired) electrons. The van der Waals surface area contributed by atoms with E-state index in [0.29, 0.717) is 10.8 Å². The highest BCUT2D eigenvalue weighted by Gasteiger charge is 2.60. The number of hydrogen-bond donors (Lipinski definition) is 0. The molecule has 0 N–H and O–H groups in total. The van der Waals surface area contributed by atoms with Gasteiger partial charge in [0.15, 0.2) is 0 Å². The van der Waals surface area contributed by atoms with Crippen LogP contribution in [0.4, 0.5) is 0 Å². The van der Waals surface area contributed by atoms with Crippen molar-refractivity contribution >= 4 is 0 Å². The lowest BCUT2D eigenvalue weighted by Gasteiger charge is -2.39. The highest BCUT2D eigenvalue weighted by molar-refractivity contribution is 5.09. The molecule has 0 spiro atoms. The average Bonchev–Trinajstić information content (AvgIpc) is 2.57. The maximum absolute atomic E-state index is 5.67. The Balaban J connectivity index is 1.89. The molecule has 2 fully saturated rings. The summed E-state index contributed by atoms with van der Waals surface area (Å²) < 4.78 is 5.67. The van der Waals surface area contributed by atoms with E-state index in [9.17, 15) is 0 Å². The van der Waals surface area contributed by atoms with Crippen LogP contribution in [0.15, 0.2) is 0 Å².